The van der Waals surface area contributed by atoms with Gasteiger partial charge in [0.15, 0.2) is 0 Å². The maximum Gasteiger partial charge on any atom is 0.233 e. The normalized spacial score (nSPS) is 25.3. The average Bonchev–Trinajstić information content (AvgIpc) is 2.11. The monoisotopic (exact) mass is 304 g/mol. The van der Waals surface area contributed by atoms with Crippen LogP contribution in [0.1, 0.15) is 53.9 Å². The molecule has 1 fully saturated rings. The number of alkyl halides is 1. The van der Waals surface area contributed by atoms with Crippen molar-refractivity contribution in [1.82, 2.24) is 10.6 Å². The molecule has 3 nitrogen and oxygen atoms in total. The van der Waals surface area contributed by atoms with E-state index >= 15 is 0 Å². The van der Waals surface area contributed by atoms with Gasteiger partial charge in [0, 0.05) is 17.1 Å². The van der Waals surface area contributed by atoms with Crippen LogP contribution in [0.15, 0.2) is 0 Å². The highest BCUT2D eigenvalue weighted by molar-refractivity contribution is 9.10. The summed E-state index contributed by atoms with van der Waals surface area (Å²) in [7, 11) is 0. The highest BCUT2D eigenvalue weighted by Gasteiger charge is 2.38. The molecule has 17 heavy (non-hydrogen) atoms. The molecule has 1 aliphatic heterocycles. The lowest BCUT2D eigenvalue weighted by atomic mass is 9.79. The number of nitrogens with one attached hydrogen (secondary N) is 2. The fraction of sp³-hybridized carbons (Fsp3) is 0.923. The Bertz CT molecular complexity index is 273. The van der Waals surface area contributed by atoms with E-state index in [1.54, 1.807) is 0 Å². The van der Waals surface area contributed by atoms with Crippen molar-refractivity contribution in [1.29, 1.82) is 0 Å². The van der Waals surface area contributed by atoms with E-state index in [4.69, 9.17) is 0 Å². The summed E-state index contributed by atoms with van der Waals surface area (Å²) in [5.74, 6) is 0.117. The Labute approximate surface area is 113 Å². The van der Waals surface area contributed by atoms with Crippen LogP contribution < -0.4 is 10.6 Å². The lowest BCUT2D eigenvalue weighted by Crippen LogP contribution is -2.62. The van der Waals surface area contributed by atoms with Gasteiger partial charge in [-0.15, -0.1) is 0 Å². The Hall–Kier alpha value is -0.0900. The molecule has 0 aromatic heterocycles. The largest absolute Gasteiger partial charge is 0.352 e. The van der Waals surface area contributed by atoms with Crippen LogP contribution in [0, 0.1) is 0 Å². The van der Waals surface area contributed by atoms with Gasteiger partial charge in [-0.2, -0.15) is 0 Å². The number of piperidine rings is 1. The van der Waals surface area contributed by atoms with E-state index < -0.39 is 0 Å². The molecule has 0 aromatic carbocycles. The number of halogens is 1. The van der Waals surface area contributed by atoms with E-state index in [0.29, 0.717) is 0 Å². The topological polar surface area (TPSA) is 41.1 Å². The van der Waals surface area contributed by atoms with Crippen LogP contribution >= 0.6 is 15.9 Å². The third-order valence-corrected chi connectivity index (χ3v) is 4.24. The molecule has 0 spiro atoms. The van der Waals surface area contributed by atoms with Crippen molar-refractivity contribution < 1.29 is 4.79 Å². The summed E-state index contributed by atoms with van der Waals surface area (Å²) < 4.78 is 0. The van der Waals surface area contributed by atoms with Crippen LogP contribution in [0.2, 0.25) is 0 Å². The molecule has 1 heterocycles. The second kappa shape index (κ2) is 5.27. The highest BCUT2D eigenvalue weighted by atomic mass is 79.9. The minimum absolute atomic E-state index is 0.0661. The van der Waals surface area contributed by atoms with Gasteiger partial charge in [0.25, 0.3) is 0 Å². The summed E-state index contributed by atoms with van der Waals surface area (Å²) in [6.07, 6.45) is 2.78. The second-order valence-electron chi connectivity index (χ2n) is 6.38. The quantitative estimate of drug-likeness (QED) is 0.787. The van der Waals surface area contributed by atoms with Crippen molar-refractivity contribution in [2.24, 2.45) is 0 Å². The third kappa shape index (κ3) is 4.59. The van der Waals surface area contributed by atoms with E-state index in [2.05, 4.69) is 54.3 Å². The number of carbonyl (C=O) groups is 1. The standard InChI is InChI=1S/C13H25BrN2O/c1-6-10(14)11(17)15-9-7-12(2,3)16-13(4,5)8-9/h9-10,16H,6-8H2,1-5H3,(H,15,17). The van der Waals surface area contributed by atoms with Gasteiger partial charge < -0.3 is 10.6 Å². The first kappa shape index (κ1) is 15.0. The SMILES string of the molecule is CCC(Br)C(=O)NC1CC(C)(C)NC(C)(C)C1. The molecule has 0 radical (unpaired) electrons. The van der Waals surface area contributed by atoms with Crippen molar-refractivity contribution >= 4 is 21.8 Å². The van der Waals surface area contributed by atoms with Crippen LogP contribution in [-0.4, -0.2) is 27.9 Å². The molecule has 1 aliphatic rings. The van der Waals surface area contributed by atoms with Gasteiger partial charge in [0.1, 0.15) is 0 Å². The Balaban J connectivity index is 2.63. The third-order valence-electron chi connectivity index (χ3n) is 3.18. The lowest BCUT2D eigenvalue weighted by Gasteiger charge is -2.46. The van der Waals surface area contributed by atoms with Crippen LogP contribution in [0.4, 0.5) is 0 Å². The van der Waals surface area contributed by atoms with E-state index in [1.165, 1.54) is 0 Å². The second-order valence-corrected chi connectivity index (χ2v) is 7.49. The number of amides is 1. The summed E-state index contributed by atoms with van der Waals surface area (Å²) >= 11 is 3.40. The summed E-state index contributed by atoms with van der Waals surface area (Å²) in [5, 5.41) is 6.77. The van der Waals surface area contributed by atoms with Gasteiger partial charge in [0.2, 0.25) is 5.91 Å². The zero-order valence-electron chi connectivity index (χ0n) is 11.6. The molecule has 0 bridgehead atoms. The summed E-state index contributed by atoms with van der Waals surface area (Å²) in [4.78, 5) is 11.8. The molecule has 0 saturated carbocycles. The minimum Gasteiger partial charge on any atom is -0.352 e. The van der Waals surface area contributed by atoms with Crippen LogP contribution in [0.3, 0.4) is 0 Å². The zero-order valence-corrected chi connectivity index (χ0v) is 13.1. The Morgan fingerprint density at radius 3 is 2.24 bits per heavy atom. The van der Waals surface area contributed by atoms with Gasteiger partial charge in [-0.05, 0) is 47.0 Å². The van der Waals surface area contributed by atoms with Gasteiger partial charge >= 0.3 is 0 Å². The molecule has 100 valence electrons. The van der Waals surface area contributed by atoms with Crippen LogP contribution in [0.5, 0.6) is 0 Å². The summed E-state index contributed by atoms with van der Waals surface area (Å²) in [5.41, 5.74) is 0.154. The van der Waals surface area contributed by atoms with Gasteiger partial charge in [-0.1, -0.05) is 22.9 Å². The number of carbonyl (C=O) groups excluding carboxylic acids is 1. The molecular formula is C13H25BrN2O. The first-order valence-corrected chi connectivity index (χ1v) is 7.30. The Kier molecular flexibility index (Phi) is 4.64. The summed E-state index contributed by atoms with van der Waals surface area (Å²) in [6, 6.07) is 0.264. The van der Waals surface area contributed by atoms with Gasteiger partial charge in [0.05, 0.1) is 4.83 Å². The molecular weight excluding hydrogens is 280 g/mol. The van der Waals surface area contributed by atoms with Crippen LogP contribution in [-0.2, 0) is 4.79 Å². The molecule has 1 rings (SSSR count). The molecule has 4 heteroatoms. The number of hydrogen-bond acceptors (Lipinski definition) is 2. The lowest BCUT2D eigenvalue weighted by molar-refractivity contribution is -0.121. The molecule has 2 N–H and O–H groups in total. The van der Waals surface area contributed by atoms with Gasteiger partial charge in [-0.3, -0.25) is 4.79 Å². The van der Waals surface area contributed by atoms with E-state index in [0.717, 1.165) is 19.3 Å². The molecule has 1 saturated heterocycles. The highest BCUT2D eigenvalue weighted by Crippen LogP contribution is 2.28. The molecule has 1 unspecified atom stereocenters. The average molecular weight is 305 g/mol. The Morgan fingerprint density at radius 1 is 1.35 bits per heavy atom. The molecule has 0 aromatic rings. The van der Waals surface area contributed by atoms with Crippen molar-refractivity contribution in [3.8, 4) is 0 Å². The van der Waals surface area contributed by atoms with E-state index in [-0.39, 0.29) is 27.9 Å². The first-order chi connectivity index (χ1) is 7.65. The Morgan fingerprint density at radius 2 is 1.82 bits per heavy atom. The predicted octanol–water partition coefficient (Wildman–Crippen LogP) is 2.59. The smallest absolute Gasteiger partial charge is 0.233 e. The first-order valence-electron chi connectivity index (χ1n) is 6.39. The van der Waals surface area contributed by atoms with Crippen LogP contribution in [0.25, 0.3) is 0 Å². The van der Waals surface area contributed by atoms with Gasteiger partial charge in [-0.25, -0.2) is 0 Å². The maximum atomic E-state index is 11.9. The van der Waals surface area contributed by atoms with E-state index in [9.17, 15) is 4.79 Å². The van der Waals surface area contributed by atoms with Crippen molar-refractivity contribution in [3.63, 3.8) is 0 Å². The fourth-order valence-corrected chi connectivity index (χ4v) is 3.03. The maximum absolute atomic E-state index is 11.9. The minimum atomic E-state index is -0.0661. The van der Waals surface area contributed by atoms with Crippen molar-refractivity contribution in [2.45, 2.75) is 75.8 Å². The number of rotatable bonds is 3. The predicted molar refractivity (Wildman–Crippen MR) is 75.5 cm³/mol. The van der Waals surface area contributed by atoms with E-state index in [1.807, 2.05) is 6.92 Å². The van der Waals surface area contributed by atoms with Crippen molar-refractivity contribution in [2.75, 3.05) is 0 Å². The van der Waals surface area contributed by atoms with Crippen molar-refractivity contribution in [3.05, 3.63) is 0 Å². The molecule has 1 amide bonds. The fourth-order valence-electron chi connectivity index (χ4n) is 2.90. The summed E-state index contributed by atoms with van der Waals surface area (Å²) in [6.45, 7) is 10.8. The zero-order chi connectivity index (χ0) is 13.3. The molecule has 0 aliphatic carbocycles. The number of hydrogen-bond donors (Lipinski definition) is 2. The molecule has 1 atom stereocenters.